The molecule has 0 aliphatic carbocycles. The van der Waals surface area contributed by atoms with Crippen LogP contribution >= 0.6 is 11.6 Å². The number of nitrogens with one attached hydrogen (secondary N) is 1. The molecule has 1 atom stereocenters. The van der Waals surface area contributed by atoms with Gasteiger partial charge in [-0.1, -0.05) is 6.07 Å². The lowest BCUT2D eigenvalue weighted by molar-refractivity contribution is -0.384. The van der Waals surface area contributed by atoms with Crippen molar-refractivity contribution in [3.05, 3.63) is 39.4 Å². The third kappa shape index (κ3) is 1.86. The Kier molecular flexibility index (Phi) is 2.78. The normalized spacial score (nSPS) is 18.8. The van der Waals surface area contributed by atoms with Crippen LogP contribution in [-0.4, -0.2) is 22.8 Å². The van der Waals surface area contributed by atoms with Crippen LogP contribution in [0, 0.1) is 10.1 Å². The van der Waals surface area contributed by atoms with Crippen LogP contribution in [0.3, 0.4) is 0 Å². The molecule has 0 radical (unpaired) electrons. The number of hydrogen-bond acceptors (Lipinski definition) is 3. The van der Waals surface area contributed by atoms with Crippen molar-refractivity contribution in [1.29, 1.82) is 0 Å². The highest BCUT2D eigenvalue weighted by molar-refractivity contribution is 6.18. The number of nitrogens with zero attached hydrogens (tertiary/aromatic N) is 1. The summed E-state index contributed by atoms with van der Waals surface area (Å²) in [6.07, 6.45) is 0.614. The van der Waals surface area contributed by atoms with Gasteiger partial charge in [0.25, 0.3) is 11.6 Å². The van der Waals surface area contributed by atoms with E-state index in [2.05, 4.69) is 5.32 Å². The van der Waals surface area contributed by atoms with Crippen LogP contribution in [0.25, 0.3) is 0 Å². The average Bonchev–Trinajstić information content (AvgIpc) is 2.28. The van der Waals surface area contributed by atoms with E-state index in [-0.39, 0.29) is 17.6 Å². The molecule has 1 aromatic carbocycles. The van der Waals surface area contributed by atoms with Crippen LogP contribution in [0.2, 0.25) is 0 Å². The van der Waals surface area contributed by atoms with Crippen molar-refractivity contribution in [2.75, 3.05) is 5.88 Å². The smallest absolute Gasteiger partial charge is 0.270 e. The lowest BCUT2D eigenvalue weighted by atomic mass is 9.95. The number of hydrogen-bond donors (Lipinski definition) is 1. The summed E-state index contributed by atoms with van der Waals surface area (Å²) in [5.41, 5.74) is 1.11. The lowest BCUT2D eigenvalue weighted by Gasteiger charge is -2.23. The highest BCUT2D eigenvalue weighted by Gasteiger charge is 2.25. The van der Waals surface area contributed by atoms with E-state index >= 15 is 0 Å². The first kappa shape index (κ1) is 10.9. The van der Waals surface area contributed by atoms with Gasteiger partial charge in [-0.15, -0.1) is 11.6 Å². The molecule has 16 heavy (non-hydrogen) atoms. The molecule has 84 valence electrons. The third-order valence-electron chi connectivity index (χ3n) is 2.54. The summed E-state index contributed by atoms with van der Waals surface area (Å²) in [5.74, 6) is 0.0397. The van der Waals surface area contributed by atoms with Crippen LogP contribution in [-0.2, 0) is 6.42 Å². The SMILES string of the molecule is O=C1N[C@H](CCl)Cc2ccc([N+](=O)[O-])cc21. The standard InChI is InChI=1S/C10H9ClN2O3/c11-5-7-3-6-1-2-8(13(15)16)4-9(6)10(14)12-7/h1-2,4,7H,3,5H2,(H,12,14)/t7-/m0/s1. The fraction of sp³-hybridized carbons (Fsp3) is 0.300. The number of alkyl halides is 1. The maximum Gasteiger partial charge on any atom is 0.270 e. The van der Waals surface area contributed by atoms with Crippen molar-refractivity contribution in [1.82, 2.24) is 5.32 Å². The molecule has 0 spiro atoms. The number of fused-ring (bicyclic) bond motifs is 1. The largest absolute Gasteiger partial charge is 0.348 e. The Bertz CT molecular complexity index is 461. The molecule has 2 rings (SSSR count). The van der Waals surface area contributed by atoms with Gasteiger partial charge in [-0.3, -0.25) is 14.9 Å². The zero-order valence-electron chi connectivity index (χ0n) is 8.27. The molecule has 1 aliphatic heterocycles. The molecule has 0 saturated carbocycles. The quantitative estimate of drug-likeness (QED) is 0.484. The zero-order valence-corrected chi connectivity index (χ0v) is 9.03. The Morgan fingerprint density at radius 1 is 1.56 bits per heavy atom. The Labute approximate surface area is 96.6 Å². The molecule has 0 fully saturated rings. The maximum atomic E-state index is 11.6. The number of carbonyl (C=O) groups excluding carboxylic acids is 1. The van der Waals surface area contributed by atoms with Crippen molar-refractivity contribution in [2.24, 2.45) is 0 Å². The third-order valence-corrected chi connectivity index (χ3v) is 2.91. The van der Waals surface area contributed by atoms with E-state index in [4.69, 9.17) is 11.6 Å². The minimum Gasteiger partial charge on any atom is -0.348 e. The summed E-state index contributed by atoms with van der Waals surface area (Å²) in [5, 5.41) is 13.3. The van der Waals surface area contributed by atoms with E-state index < -0.39 is 4.92 Å². The Balaban J connectivity index is 2.41. The number of benzene rings is 1. The van der Waals surface area contributed by atoms with Crippen molar-refractivity contribution in [3.63, 3.8) is 0 Å². The van der Waals surface area contributed by atoms with Gasteiger partial charge in [-0.2, -0.15) is 0 Å². The van der Waals surface area contributed by atoms with E-state index in [1.54, 1.807) is 6.07 Å². The molecular weight excluding hydrogens is 232 g/mol. The van der Waals surface area contributed by atoms with Crippen molar-refractivity contribution in [3.8, 4) is 0 Å². The number of non-ortho nitro benzene ring substituents is 1. The zero-order chi connectivity index (χ0) is 11.7. The number of amides is 1. The number of nitro groups is 1. The maximum absolute atomic E-state index is 11.6. The fourth-order valence-corrected chi connectivity index (χ4v) is 1.93. The average molecular weight is 241 g/mol. The van der Waals surface area contributed by atoms with Crippen LogP contribution in [0.5, 0.6) is 0 Å². The minimum atomic E-state index is -0.513. The molecule has 1 N–H and O–H groups in total. The van der Waals surface area contributed by atoms with Crippen LogP contribution in [0.15, 0.2) is 18.2 Å². The number of halogens is 1. The monoisotopic (exact) mass is 240 g/mol. The molecule has 6 heteroatoms. The first-order valence-electron chi connectivity index (χ1n) is 4.76. The Morgan fingerprint density at radius 2 is 2.31 bits per heavy atom. The van der Waals surface area contributed by atoms with E-state index in [1.165, 1.54) is 12.1 Å². The van der Waals surface area contributed by atoms with Crippen molar-refractivity contribution >= 4 is 23.2 Å². The van der Waals surface area contributed by atoms with E-state index in [9.17, 15) is 14.9 Å². The summed E-state index contributed by atoms with van der Waals surface area (Å²) >= 11 is 5.67. The van der Waals surface area contributed by atoms with Gasteiger partial charge in [0, 0.05) is 29.6 Å². The first-order chi connectivity index (χ1) is 7.61. The summed E-state index contributed by atoms with van der Waals surface area (Å²) in [7, 11) is 0. The predicted molar refractivity (Wildman–Crippen MR) is 58.8 cm³/mol. The highest BCUT2D eigenvalue weighted by atomic mass is 35.5. The van der Waals surface area contributed by atoms with Crippen LogP contribution in [0.1, 0.15) is 15.9 Å². The number of nitro benzene ring substituents is 1. The Hall–Kier alpha value is -1.62. The molecule has 1 aromatic rings. The van der Waals surface area contributed by atoms with Crippen LogP contribution < -0.4 is 5.32 Å². The molecule has 0 aromatic heterocycles. The predicted octanol–water partition coefficient (Wildman–Crippen LogP) is 1.49. The van der Waals surface area contributed by atoms with Crippen molar-refractivity contribution < 1.29 is 9.72 Å². The van der Waals surface area contributed by atoms with E-state index in [0.717, 1.165) is 5.56 Å². The fourth-order valence-electron chi connectivity index (χ4n) is 1.74. The van der Waals surface area contributed by atoms with Gasteiger partial charge in [-0.25, -0.2) is 0 Å². The van der Waals surface area contributed by atoms with Gasteiger partial charge in [-0.05, 0) is 12.0 Å². The summed E-state index contributed by atoms with van der Waals surface area (Å²) in [6.45, 7) is 0. The summed E-state index contributed by atoms with van der Waals surface area (Å²) in [4.78, 5) is 21.7. The van der Waals surface area contributed by atoms with Gasteiger partial charge < -0.3 is 5.32 Å². The van der Waals surface area contributed by atoms with E-state index in [0.29, 0.717) is 17.9 Å². The van der Waals surface area contributed by atoms with Gasteiger partial charge >= 0.3 is 0 Å². The molecule has 0 bridgehead atoms. The molecular formula is C10H9ClN2O3. The van der Waals surface area contributed by atoms with Crippen molar-refractivity contribution in [2.45, 2.75) is 12.5 Å². The summed E-state index contributed by atoms with van der Waals surface area (Å²) < 4.78 is 0. The van der Waals surface area contributed by atoms with E-state index in [1.807, 2.05) is 0 Å². The lowest BCUT2D eigenvalue weighted by Crippen LogP contribution is -2.42. The second-order valence-corrected chi connectivity index (χ2v) is 3.94. The van der Waals surface area contributed by atoms with Gasteiger partial charge in [0.15, 0.2) is 0 Å². The molecule has 1 amide bonds. The van der Waals surface area contributed by atoms with Gasteiger partial charge in [0.1, 0.15) is 0 Å². The topological polar surface area (TPSA) is 72.2 Å². The molecule has 1 heterocycles. The van der Waals surface area contributed by atoms with Gasteiger partial charge in [0.05, 0.1) is 4.92 Å². The molecule has 0 unspecified atom stereocenters. The first-order valence-corrected chi connectivity index (χ1v) is 5.29. The van der Waals surface area contributed by atoms with Gasteiger partial charge in [0.2, 0.25) is 0 Å². The highest BCUT2D eigenvalue weighted by Crippen LogP contribution is 2.22. The second kappa shape index (κ2) is 4.09. The van der Waals surface area contributed by atoms with Crippen LogP contribution in [0.4, 0.5) is 5.69 Å². The number of carbonyl (C=O) groups is 1. The molecule has 1 aliphatic rings. The second-order valence-electron chi connectivity index (χ2n) is 3.63. The molecule has 5 nitrogen and oxygen atoms in total. The number of rotatable bonds is 2. The summed E-state index contributed by atoms with van der Waals surface area (Å²) in [6, 6.07) is 4.23. The molecule has 0 saturated heterocycles. The Morgan fingerprint density at radius 3 is 2.94 bits per heavy atom. The minimum absolute atomic E-state index is 0.0711.